The number of benzene rings is 2. The van der Waals surface area contributed by atoms with Crippen molar-refractivity contribution in [2.75, 3.05) is 12.5 Å². The van der Waals surface area contributed by atoms with E-state index in [0.29, 0.717) is 5.16 Å². The topological polar surface area (TPSA) is 43.6 Å². The van der Waals surface area contributed by atoms with E-state index >= 15 is 0 Å². The third-order valence-electron chi connectivity index (χ3n) is 4.62. The molecule has 0 saturated carbocycles. The molecule has 146 valence electrons. The molecule has 0 N–H and O–H groups in total. The minimum absolute atomic E-state index is 0.272. The Morgan fingerprint density at radius 2 is 1.52 bits per heavy atom. The highest BCUT2D eigenvalue weighted by Crippen LogP contribution is 2.35. The number of rotatable bonds is 5. The minimum atomic E-state index is -0.272. The Hall–Kier alpha value is -2.64. The largest absolute Gasteiger partial charge is 0.325 e. The summed E-state index contributed by atoms with van der Waals surface area (Å²) in [6.45, 7) is 0. The van der Waals surface area contributed by atoms with Crippen molar-refractivity contribution in [1.82, 2.24) is 19.5 Å². The lowest BCUT2D eigenvalue weighted by Crippen LogP contribution is -1.98. The molecule has 0 unspecified atom stereocenters. The number of hydrogen-bond donors (Lipinski definition) is 0. The van der Waals surface area contributed by atoms with E-state index in [0.717, 1.165) is 34.0 Å². The normalized spacial score (nSPS) is 11.0. The Labute approximate surface area is 177 Å². The van der Waals surface area contributed by atoms with Gasteiger partial charge in [0, 0.05) is 29.3 Å². The minimum Gasteiger partial charge on any atom is -0.325 e. The molecule has 0 aliphatic carbocycles. The van der Waals surface area contributed by atoms with E-state index in [4.69, 9.17) is 4.98 Å². The highest BCUT2D eigenvalue weighted by atomic mass is 32.2. The van der Waals surface area contributed by atoms with Crippen LogP contribution in [0.3, 0.4) is 0 Å². The summed E-state index contributed by atoms with van der Waals surface area (Å²) in [5, 5.41) is 0.694. The average Bonchev–Trinajstić information content (AvgIpc) is 3.11. The van der Waals surface area contributed by atoms with Crippen LogP contribution in [0, 0.1) is 5.82 Å². The average molecular weight is 423 g/mol. The number of imidazole rings is 1. The molecule has 2 aromatic heterocycles. The van der Waals surface area contributed by atoms with E-state index in [9.17, 15) is 4.39 Å². The molecular weight excluding hydrogens is 403 g/mol. The van der Waals surface area contributed by atoms with Crippen LogP contribution in [-0.4, -0.2) is 32.0 Å². The summed E-state index contributed by atoms with van der Waals surface area (Å²) in [6.07, 6.45) is 5.75. The van der Waals surface area contributed by atoms with Gasteiger partial charge < -0.3 is 4.57 Å². The van der Waals surface area contributed by atoms with Crippen LogP contribution < -0.4 is 0 Å². The molecule has 4 nitrogen and oxygen atoms in total. The second kappa shape index (κ2) is 8.39. The molecule has 0 fully saturated rings. The molecule has 2 heterocycles. The van der Waals surface area contributed by atoms with Crippen molar-refractivity contribution in [2.24, 2.45) is 7.05 Å². The standard InChI is InChI=1S/C22H19FN4S2/c1-27-20(18-12-13-24-22(25-18)29-3)19(14-4-8-16(23)9-5-14)26-21(27)15-6-10-17(28-2)11-7-15/h4-13H,1-3H3. The quantitative estimate of drug-likeness (QED) is 0.301. The van der Waals surface area contributed by atoms with Gasteiger partial charge >= 0.3 is 0 Å². The second-order valence-corrected chi connectivity index (χ2v) is 8.01. The van der Waals surface area contributed by atoms with Crippen molar-refractivity contribution in [3.8, 4) is 34.0 Å². The number of nitrogens with zero attached hydrogens (tertiary/aromatic N) is 4. The van der Waals surface area contributed by atoms with Crippen LogP contribution in [0.15, 0.2) is 70.8 Å². The second-order valence-electron chi connectivity index (χ2n) is 6.36. The first-order chi connectivity index (χ1) is 14.1. The van der Waals surface area contributed by atoms with Crippen LogP contribution in [0.25, 0.3) is 34.0 Å². The number of halogens is 1. The maximum Gasteiger partial charge on any atom is 0.187 e. The van der Waals surface area contributed by atoms with Gasteiger partial charge in [-0.15, -0.1) is 11.8 Å². The third-order valence-corrected chi connectivity index (χ3v) is 5.93. The first kappa shape index (κ1) is 19.7. The summed E-state index contributed by atoms with van der Waals surface area (Å²) in [4.78, 5) is 15.1. The third kappa shape index (κ3) is 3.93. The number of aromatic nitrogens is 4. The van der Waals surface area contributed by atoms with Gasteiger partial charge in [0.2, 0.25) is 0 Å². The molecule has 4 rings (SSSR count). The lowest BCUT2D eigenvalue weighted by Gasteiger charge is -2.08. The molecule has 0 spiro atoms. The van der Waals surface area contributed by atoms with E-state index < -0.39 is 0 Å². The lowest BCUT2D eigenvalue weighted by atomic mass is 10.1. The van der Waals surface area contributed by atoms with Crippen LogP contribution in [0.2, 0.25) is 0 Å². The van der Waals surface area contributed by atoms with Crippen molar-refractivity contribution in [1.29, 1.82) is 0 Å². The van der Waals surface area contributed by atoms with Crippen molar-refractivity contribution >= 4 is 23.5 Å². The first-order valence-corrected chi connectivity index (χ1v) is 11.4. The summed E-state index contributed by atoms with van der Waals surface area (Å²) in [5.74, 6) is 0.558. The predicted octanol–water partition coefficient (Wildman–Crippen LogP) is 5.79. The predicted molar refractivity (Wildman–Crippen MR) is 119 cm³/mol. The zero-order valence-electron chi connectivity index (χ0n) is 16.3. The Kier molecular flexibility index (Phi) is 5.69. The van der Waals surface area contributed by atoms with Gasteiger partial charge in [-0.2, -0.15) is 0 Å². The van der Waals surface area contributed by atoms with Gasteiger partial charge in [-0.1, -0.05) is 23.9 Å². The molecule has 4 aromatic rings. The molecular formula is C22H19FN4S2. The lowest BCUT2D eigenvalue weighted by molar-refractivity contribution is 0.628. The van der Waals surface area contributed by atoms with Gasteiger partial charge in [0.25, 0.3) is 0 Å². The fourth-order valence-corrected chi connectivity index (χ4v) is 3.93. The van der Waals surface area contributed by atoms with Crippen LogP contribution in [0.5, 0.6) is 0 Å². The Morgan fingerprint density at radius 3 is 2.17 bits per heavy atom. The van der Waals surface area contributed by atoms with Crippen molar-refractivity contribution in [2.45, 2.75) is 10.1 Å². The highest BCUT2D eigenvalue weighted by Gasteiger charge is 2.20. The van der Waals surface area contributed by atoms with Gasteiger partial charge in [0.05, 0.1) is 17.1 Å². The molecule has 0 atom stereocenters. The van der Waals surface area contributed by atoms with Crippen molar-refractivity contribution in [3.63, 3.8) is 0 Å². The summed E-state index contributed by atoms with van der Waals surface area (Å²) >= 11 is 3.19. The SMILES string of the molecule is CSc1ccc(-c2nc(-c3ccc(F)cc3)c(-c3ccnc(SC)n3)n2C)cc1. The molecule has 0 radical (unpaired) electrons. The maximum atomic E-state index is 13.5. The highest BCUT2D eigenvalue weighted by molar-refractivity contribution is 7.98. The summed E-state index contributed by atoms with van der Waals surface area (Å²) in [6, 6.07) is 16.6. The smallest absolute Gasteiger partial charge is 0.187 e. The molecule has 2 aromatic carbocycles. The molecule has 0 amide bonds. The molecule has 29 heavy (non-hydrogen) atoms. The van der Waals surface area contributed by atoms with Crippen LogP contribution in [0.1, 0.15) is 0 Å². The summed E-state index contributed by atoms with van der Waals surface area (Å²) < 4.78 is 15.5. The van der Waals surface area contributed by atoms with E-state index in [1.54, 1.807) is 30.1 Å². The van der Waals surface area contributed by atoms with Gasteiger partial charge in [-0.05, 0) is 55.0 Å². The van der Waals surface area contributed by atoms with Gasteiger partial charge in [-0.25, -0.2) is 19.3 Å². The maximum absolute atomic E-state index is 13.5. The zero-order chi connectivity index (χ0) is 20.4. The summed E-state index contributed by atoms with van der Waals surface area (Å²) in [5.41, 5.74) is 4.28. The fourth-order valence-electron chi connectivity index (χ4n) is 3.17. The zero-order valence-corrected chi connectivity index (χ0v) is 17.9. The number of thioether (sulfide) groups is 2. The van der Waals surface area contributed by atoms with Crippen molar-refractivity contribution < 1.29 is 4.39 Å². The van der Waals surface area contributed by atoms with Crippen LogP contribution in [0.4, 0.5) is 4.39 Å². The Morgan fingerprint density at radius 1 is 0.828 bits per heavy atom. The monoisotopic (exact) mass is 422 g/mol. The molecule has 7 heteroatoms. The van der Waals surface area contributed by atoms with Crippen molar-refractivity contribution in [3.05, 3.63) is 66.6 Å². The van der Waals surface area contributed by atoms with E-state index in [-0.39, 0.29) is 5.82 Å². The van der Waals surface area contributed by atoms with Crippen LogP contribution >= 0.6 is 23.5 Å². The Bertz CT molecular complexity index is 1140. The van der Waals surface area contributed by atoms with E-state index in [1.165, 1.54) is 28.8 Å². The molecule has 0 bridgehead atoms. The van der Waals surface area contributed by atoms with Gasteiger partial charge in [0.1, 0.15) is 11.6 Å². The van der Waals surface area contributed by atoms with E-state index in [1.807, 2.05) is 23.9 Å². The molecule has 0 aliphatic rings. The Balaban J connectivity index is 1.93. The molecule has 0 saturated heterocycles. The fraction of sp³-hybridized carbons (Fsp3) is 0.136. The van der Waals surface area contributed by atoms with Gasteiger partial charge in [-0.3, -0.25) is 0 Å². The molecule has 0 aliphatic heterocycles. The number of hydrogen-bond acceptors (Lipinski definition) is 5. The van der Waals surface area contributed by atoms with Crippen LogP contribution in [-0.2, 0) is 7.05 Å². The van der Waals surface area contributed by atoms with Gasteiger partial charge in [0.15, 0.2) is 5.16 Å². The summed E-state index contributed by atoms with van der Waals surface area (Å²) in [7, 11) is 1.98. The van der Waals surface area contributed by atoms with E-state index in [2.05, 4.69) is 40.5 Å². The first-order valence-electron chi connectivity index (χ1n) is 8.95.